The molecular weight excluding hydrogens is 268 g/mol. The van der Waals surface area contributed by atoms with Crippen LogP contribution >= 0.6 is 11.3 Å². The van der Waals surface area contributed by atoms with Crippen LogP contribution in [0.1, 0.15) is 43.3 Å². The van der Waals surface area contributed by atoms with Crippen molar-refractivity contribution in [2.24, 2.45) is 5.73 Å². The van der Waals surface area contributed by atoms with Gasteiger partial charge in [-0.3, -0.25) is 0 Å². The first-order chi connectivity index (χ1) is 9.63. The number of rotatable bonds is 3. The lowest BCUT2D eigenvalue weighted by molar-refractivity contribution is 0.242. The van der Waals surface area contributed by atoms with Crippen LogP contribution in [0.3, 0.4) is 0 Å². The fraction of sp³-hybridized carbons (Fsp3) is 0.438. The van der Waals surface area contributed by atoms with Crippen molar-refractivity contribution in [2.75, 3.05) is 0 Å². The van der Waals surface area contributed by atoms with E-state index in [1.54, 1.807) is 11.3 Å². The number of aromatic nitrogens is 1. The summed E-state index contributed by atoms with van der Waals surface area (Å²) in [6.45, 7) is 4.07. The van der Waals surface area contributed by atoms with Crippen molar-refractivity contribution in [2.45, 2.75) is 45.3 Å². The Bertz CT molecular complexity index is 606. The number of nitrogens with zero attached hydrogens (tertiary/aromatic N) is 1. The number of hydrogen-bond acceptors (Lipinski definition) is 4. The molecule has 0 bridgehead atoms. The molecule has 0 fully saturated rings. The van der Waals surface area contributed by atoms with Gasteiger partial charge < -0.3 is 10.5 Å². The van der Waals surface area contributed by atoms with Crippen LogP contribution in [-0.2, 0) is 6.42 Å². The zero-order valence-electron chi connectivity index (χ0n) is 11.9. The number of thiazole rings is 1. The fourth-order valence-electron chi connectivity index (χ4n) is 2.55. The third-order valence-electron chi connectivity index (χ3n) is 3.45. The molecule has 20 heavy (non-hydrogen) atoms. The summed E-state index contributed by atoms with van der Waals surface area (Å²) in [5.41, 5.74) is 8.38. The van der Waals surface area contributed by atoms with Gasteiger partial charge in [0.2, 0.25) is 0 Å². The first kappa shape index (κ1) is 13.6. The summed E-state index contributed by atoms with van der Waals surface area (Å²) in [6.07, 6.45) is 3.52. The monoisotopic (exact) mass is 288 g/mol. The van der Waals surface area contributed by atoms with Crippen LogP contribution in [0.15, 0.2) is 24.3 Å². The summed E-state index contributed by atoms with van der Waals surface area (Å²) in [4.78, 5) is 6.12. The van der Waals surface area contributed by atoms with Gasteiger partial charge in [0.15, 0.2) is 0 Å². The van der Waals surface area contributed by atoms with E-state index in [9.17, 15) is 0 Å². The number of ether oxygens (including phenoxy) is 1. The molecule has 0 saturated carbocycles. The van der Waals surface area contributed by atoms with E-state index >= 15 is 0 Å². The van der Waals surface area contributed by atoms with Gasteiger partial charge in [0.25, 0.3) is 0 Å². The molecule has 1 aromatic carbocycles. The molecule has 0 spiro atoms. The summed E-state index contributed by atoms with van der Waals surface area (Å²) in [5, 5.41) is 1.06. The zero-order chi connectivity index (χ0) is 14.1. The van der Waals surface area contributed by atoms with E-state index in [1.165, 1.54) is 11.3 Å². The molecular formula is C16H20N2OS. The van der Waals surface area contributed by atoms with Crippen LogP contribution in [0.25, 0.3) is 10.6 Å². The Balaban J connectivity index is 1.93. The second-order valence-corrected chi connectivity index (χ2v) is 6.60. The van der Waals surface area contributed by atoms with Crippen molar-refractivity contribution in [3.8, 4) is 16.3 Å². The van der Waals surface area contributed by atoms with Gasteiger partial charge >= 0.3 is 0 Å². The van der Waals surface area contributed by atoms with Crippen LogP contribution in [0, 0.1) is 0 Å². The lowest BCUT2D eigenvalue weighted by Gasteiger charge is -2.15. The molecule has 0 radical (unpaired) electrons. The average molecular weight is 288 g/mol. The summed E-state index contributed by atoms with van der Waals surface area (Å²) >= 11 is 1.77. The minimum Gasteiger partial charge on any atom is -0.491 e. The fourth-order valence-corrected chi connectivity index (χ4v) is 3.72. The summed E-state index contributed by atoms with van der Waals surface area (Å²) < 4.78 is 5.75. The van der Waals surface area contributed by atoms with Gasteiger partial charge in [0.05, 0.1) is 11.8 Å². The highest BCUT2D eigenvalue weighted by molar-refractivity contribution is 7.15. The average Bonchev–Trinajstić information content (AvgIpc) is 2.84. The van der Waals surface area contributed by atoms with E-state index in [1.807, 2.05) is 26.0 Å². The Kier molecular flexibility index (Phi) is 3.76. The summed E-state index contributed by atoms with van der Waals surface area (Å²) in [7, 11) is 0. The lowest BCUT2D eigenvalue weighted by Crippen LogP contribution is -2.16. The lowest BCUT2D eigenvalue weighted by atomic mass is 9.99. The summed E-state index contributed by atoms with van der Waals surface area (Å²) in [6, 6.07) is 8.27. The van der Waals surface area contributed by atoms with Crippen molar-refractivity contribution < 1.29 is 4.74 Å². The maximum atomic E-state index is 6.15. The normalized spacial score (nSPS) is 18.1. The quantitative estimate of drug-likeness (QED) is 0.930. The molecule has 0 amide bonds. The predicted molar refractivity (Wildman–Crippen MR) is 83.2 cm³/mol. The van der Waals surface area contributed by atoms with Gasteiger partial charge in [-0.1, -0.05) is 12.1 Å². The van der Waals surface area contributed by atoms with Gasteiger partial charge in [0.1, 0.15) is 10.8 Å². The smallest absolute Gasteiger partial charge is 0.124 e. The Morgan fingerprint density at radius 2 is 2.25 bits per heavy atom. The van der Waals surface area contributed by atoms with Crippen molar-refractivity contribution >= 4 is 11.3 Å². The minimum absolute atomic E-state index is 0.110. The molecule has 1 aliphatic rings. The van der Waals surface area contributed by atoms with Gasteiger partial charge in [0, 0.05) is 16.5 Å². The number of aryl methyl sites for hydroxylation is 1. The molecule has 2 aromatic rings. The number of nitrogens with two attached hydrogens (primary N) is 1. The molecule has 2 N–H and O–H groups in total. The highest BCUT2D eigenvalue weighted by Crippen LogP contribution is 2.36. The third kappa shape index (κ3) is 2.72. The van der Waals surface area contributed by atoms with Gasteiger partial charge in [-0.25, -0.2) is 4.98 Å². The molecule has 3 nitrogen and oxygen atoms in total. The molecule has 1 aliphatic carbocycles. The first-order valence-electron chi connectivity index (χ1n) is 7.16. The molecule has 0 aliphatic heterocycles. The minimum atomic E-state index is 0.110. The maximum Gasteiger partial charge on any atom is 0.124 e. The Hall–Kier alpha value is -1.39. The largest absolute Gasteiger partial charge is 0.491 e. The predicted octanol–water partition coefficient (Wildman–Crippen LogP) is 3.93. The van der Waals surface area contributed by atoms with Crippen LogP contribution in [0.2, 0.25) is 0 Å². The SMILES string of the molecule is CC(C)Oc1cccc(-c2nc3c(s2)CCCC3N)c1. The van der Waals surface area contributed by atoms with E-state index in [2.05, 4.69) is 12.1 Å². The molecule has 1 unspecified atom stereocenters. The molecule has 4 heteroatoms. The summed E-state index contributed by atoms with van der Waals surface area (Å²) in [5.74, 6) is 0.898. The Morgan fingerprint density at radius 1 is 1.40 bits per heavy atom. The first-order valence-corrected chi connectivity index (χ1v) is 7.97. The highest BCUT2D eigenvalue weighted by atomic mass is 32.1. The number of fused-ring (bicyclic) bond motifs is 1. The topological polar surface area (TPSA) is 48.1 Å². The molecule has 106 valence electrons. The van der Waals surface area contributed by atoms with E-state index in [-0.39, 0.29) is 12.1 Å². The third-order valence-corrected chi connectivity index (χ3v) is 4.63. The van der Waals surface area contributed by atoms with Gasteiger partial charge in [-0.15, -0.1) is 11.3 Å². The van der Waals surface area contributed by atoms with Crippen LogP contribution < -0.4 is 10.5 Å². The van der Waals surface area contributed by atoms with Crippen molar-refractivity contribution in [1.29, 1.82) is 0 Å². The van der Waals surface area contributed by atoms with Crippen LogP contribution in [0.4, 0.5) is 0 Å². The van der Waals surface area contributed by atoms with E-state index in [0.29, 0.717) is 0 Å². The number of benzene rings is 1. The molecule has 0 saturated heterocycles. The van der Waals surface area contributed by atoms with Crippen molar-refractivity contribution in [3.63, 3.8) is 0 Å². The van der Waals surface area contributed by atoms with Crippen molar-refractivity contribution in [3.05, 3.63) is 34.8 Å². The Morgan fingerprint density at radius 3 is 3.00 bits per heavy atom. The molecule has 1 atom stereocenters. The van der Waals surface area contributed by atoms with E-state index in [0.717, 1.165) is 34.9 Å². The van der Waals surface area contributed by atoms with Gasteiger partial charge in [-0.2, -0.15) is 0 Å². The van der Waals surface area contributed by atoms with Crippen molar-refractivity contribution in [1.82, 2.24) is 4.98 Å². The van der Waals surface area contributed by atoms with Crippen LogP contribution in [-0.4, -0.2) is 11.1 Å². The van der Waals surface area contributed by atoms with E-state index in [4.69, 9.17) is 15.5 Å². The molecule has 1 aromatic heterocycles. The highest BCUT2D eigenvalue weighted by Gasteiger charge is 2.22. The second-order valence-electron chi connectivity index (χ2n) is 5.52. The molecule has 3 rings (SSSR count). The zero-order valence-corrected chi connectivity index (χ0v) is 12.7. The van der Waals surface area contributed by atoms with Crippen LogP contribution in [0.5, 0.6) is 5.75 Å². The second kappa shape index (κ2) is 5.54. The van der Waals surface area contributed by atoms with Gasteiger partial charge in [-0.05, 0) is 45.2 Å². The maximum absolute atomic E-state index is 6.15. The van der Waals surface area contributed by atoms with E-state index < -0.39 is 0 Å². The standard InChI is InChI=1S/C16H20N2OS/c1-10(2)19-12-6-3-5-11(9-12)16-18-15-13(17)7-4-8-14(15)20-16/h3,5-6,9-10,13H,4,7-8,17H2,1-2H3. The molecule has 1 heterocycles. The number of hydrogen-bond donors (Lipinski definition) is 1. The Labute approximate surface area is 123 Å².